The quantitative estimate of drug-likeness (QED) is 0.232. The molecule has 0 spiro atoms. The maximum Gasteiger partial charge on any atom is 0.166 e. The number of rotatable bonds is 4. The number of allylic oxidation sites excluding steroid dienone is 1. The molecule has 5 rings (SSSR count). The highest BCUT2D eigenvalue weighted by Crippen LogP contribution is 2.32. The van der Waals surface area contributed by atoms with Gasteiger partial charge in [-0.3, -0.25) is 0 Å². The van der Waals surface area contributed by atoms with Crippen molar-refractivity contribution in [1.29, 1.82) is 5.41 Å². The minimum atomic E-state index is -1.13. The molecule has 6 nitrogen and oxygen atoms in total. The van der Waals surface area contributed by atoms with Gasteiger partial charge < -0.3 is 20.5 Å². The number of pyridine rings is 2. The van der Waals surface area contributed by atoms with Crippen LogP contribution in [-0.2, 0) is 0 Å². The minimum Gasteiger partial charge on any atom is -0.507 e. The summed E-state index contributed by atoms with van der Waals surface area (Å²) in [5, 5.41) is 20.1. The Bertz CT molecular complexity index is 1500. The van der Waals surface area contributed by atoms with Crippen LogP contribution in [0.2, 0.25) is 0 Å². The highest BCUT2D eigenvalue weighted by molar-refractivity contribution is 6.18. The van der Waals surface area contributed by atoms with E-state index in [0.29, 0.717) is 16.6 Å². The summed E-state index contributed by atoms with van der Waals surface area (Å²) in [5.41, 5.74) is 2.86. The number of aromatic amines is 2. The topological polar surface area (TPSA) is 101 Å². The van der Waals surface area contributed by atoms with Gasteiger partial charge in [-0.1, -0.05) is 12.1 Å². The Morgan fingerprint density at radius 3 is 2.55 bits per heavy atom. The van der Waals surface area contributed by atoms with E-state index in [9.17, 15) is 13.9 Å². The summed E-state index contributed by atoms with van der Waals surface area (Å²) in [6, 6.07) is 9.32. The predicted octanol–water partition coefficient (Wildman–Crippen LogP) is 5.46. The standard InChI is InChI=1S/C23H15F2N5O/c24-19-3-1-2-15(20(19)25)17(8-26)21(31)18-11-30-23-16(18)7-14(10-29-23)13-6-12-4-5-27-22(12)28-9-13/h1-11,26,31H,(H,27,28)(H,29,30)/b21-17+,26-8?. The molecule has 5 aromatic rings. The Kier molecular flexibility index (Phi) is 4.32. The van der Waals surface area contributed by atoms with E-state index in [1.54, 1.807) is 18.6 Å². The maximum atomic E-state index is 14.3. The van der Waals surface area contributed by atoms with Crippen LogP contribution in [0.1, 0.15) is 11.1 Å². The molecular weight excluding hydrogens is 400 g/mol. The van der Waals surface area contributed by atoms with Crippen molar-refractivity contribution in [3.63, 3.8) is 0 Å². The molecule has 0 bridgehead atoms. The van der Waals surface area contributed by atoms with Gasteiger partial charge in [-0.2, -0.15) is 0 Å². The molecule has 0 saturated heterocycles. The van der Waals surface area contributed by atoms with Crippen molar-refractivity contribution < 1.29 is 13.9 Å². The van der Waals surface area contributed by atoms with Crippen molar-refractivity contribution in [3.8, 4) is 11.1 Å². The lowest BCUT2D eigenvalue weighted by molar-refractivity contribution is 0.503. The van der Waals surface area contributed by atoms with Crippen LogP contribution in [0.4, 0.5) is 8.78 Å². The summed E-state index contributed by atoms with van der Waals surface area (Å²) in [5.74, 6) is -2.54. The average molecular weight is 415 g/mol. The van der Waals surface area contributed by atoms with Gasteiger partial charge in [0.25, 0.3) is 0 Å². The van der Waals surface area contributed by atoms with Gasteiger partial charge in [-0.15, -0.1) is 0 Å². The number of halogens is 2. The first-order valence-electron chi connectivity index (χ1n) is 9.36. The first kappa shape index (κ1) is 18.7. The molecule has 0 aliphatic rings. The van der Waals surface area contributed by atoms with Crippen LogP contribution in [0.5, 0.6) is 0 Å². The molecule has 0 aliphatic carbocycles. The van der Waals surface area contributed by atoms with Crippen molar-refractivity contribution in [1.82, 2.24) is 19.9 Å². The van der Waals surface area contributed by atoms with Gasteiger partial charge >= 0.3 is 0 Å². The molecule has 4 aromatic heterocycles. The highest BCUT2D eigenvalue weighted by atomic mass is 19.2. The molecule has 152 valence electrons. The Balaban J connectivity index is 1.67. The third-order valence-electron chi connectivity index (χ3n) is 5.16. The summed E-state index contributed by atoms with van der Waals surface area (Å²) >= 11 is 0. The number of aromatic nitrogens is 4. The second-order valence-electron chi connectivity index (χ2n) is 6.97. The van der Waals surface area contributed by atoms with Crippen LogP contribution >= 0.6 is 0 Å². The fourth-order valence-corrected chi connectivity index (χ4v) is 3.59. The molecule has 31 heavy (non-hydrogen) atoms. The Labute approximate surface area is 174 Å². The molecule has 0 saturated carbocycles. The van der Waals surface area contributed by atoms with Crippen molar-refractivity contribution >= 4 is 39.6 Å². The summed E-state index contributed by atoms with van der Waals surface area (Å²) in [7, 11) is 0. The Morgan fingerprint density at radius 2 is 1.74 bits per heavy atom. The van der Waals surface area contributed by atoms with E-state index in [0.717, 1.165) is 34.4 Å². The highest BCUT2D eigenvalue weighted by Gasteiger charge is 2.18. The number of H-pyrrole nitrogens is 2. The van der Waals surface area contributed by atoms with Crippen molar-refractivity contribution in [2.45, 2.75) is 0 Å². The fourth-order valence-electron chi connectivity index (χ4n) is 3.59. The first-order chi connectivity index (χ1) is 15.1. The van der Waals surface area contributed by atoms with Crippen LogP contribution in [0.3, 0.4) is 0 Å². The number of aliphatic hydroxyl groups excluding tert-OH is 1. The number of hydrogen-bond donors (Lipinski definition) is 4. The van der Waals surface area contributed by atoms with E-state index in [1.165, 1.54) is 18.3 Å². The molecule has 4 heterocycles. The number of benzene rings is 1. The van der Waals surface area contributed by atoms with E-state index in [2.05, 4.69) is 19.9 Å². The Morgan fingerprint density at radius 1 is 0.968 bits per heavy atom. The van der Waals surface area contributed by atoms with E-state index < -0.39 is 11.6 Å². The van der Waals surface area contributed by atoms with Gasteiger partial charge in [0, 0.05) is 69.6 Å². The number of nitrogens with one attached hydrogen (secondary N) is 3. The molecule has 0 aliphatic heterocycles. The van der Waals surface area contributed by atoms with E-state index in [1.807, 2.05) is 18.2 Å². The van der Waals surface area contributed by atoms with E-state index >= 15 is 0 Å². The summed E-state index contributed by atoms with van der Waals surface area (Å²) < 4.78 is 28.0. The van der Waals surface area contributed by atoms with Gasteiger partial charge in [0.2, 0.25) is 0 Å². The van der Waals surface area contributed by atoms with Crippen molar-refractivity contribution in [2.24, 2.45) is 0 Å². The van der Waals surface area contributed by atoms with Gasteiger partial charge in [-0.25, -0.2) is 18.7 Å². The van der Waals surface area contributed by atoms with Crippen LogP contribution in [0.25, 0.3) is 44.5 Å². The predicted molar refractivity (Wildman–Crippen MR) is 116 cm³/mol. The van der Waals surface area contributed by atoms with Crippen LogP contribution in [0.15, 0.2) is 61.2 Å². The zero-order chi connectivity index (χ0) is 21.5. The fraction of sp³-hybridized carbons (Fsp3) is 0. The third kappa shape index (κ3) is 3.05. The zero-order valence-corrected chi connectivity index (χ0v) is 15.9. The zero-order valence-electron chi connectivity index (χ0n) is 15.9. The number of fused-ring (bicyclic) bond motifs is 2. The summed E-state index contributed by atoms with van der Waals surface area (Å²) in [6.45, 7) is 0. The average Bonchev–Trinajstić information content (AvgIpc) is 3.42. The minimum absolute atomic E-state index is 0.140. The van der Waals surface area contributed by atoms with Gasteiger partial charge in [0.05, 0.1) is 0 Å². The van der Waals surface area contributed by atoms with Gasteiger partial charge in [0.15, 0.2) is 11.6 Å². The lowest BCUT2D eigenvalue weighted by Crippen LogP contribution is -1.98. The summed E-state index contributed by atoms with van der Waals surface area (Å²) in [4.78, 5) is 14.8. The monoisotopic (exact) mass is 415 g/mol. The smallest absolute Gasteiger partial charge is 0.166 e. The van der Waals surface area contributed by atoms with E-state index in [4.69, 9.17) is 5.41 Å². The second-order valence-corrected chi connectivity index (χ2v) is 6.97. The molecule has 0 unspecified atom stereocenters. The third-order valence-corrected chi connectivity index (χ3v) is 5.16. The first-order valence-corrected chi connectivity index (χ1v) is 9.36. The lowest BCUT2D eigenvalue weighted by Gasteiger charge is -2.08. The van der Waals surface area contributed by atoms with Crippen LogP contribution in [-0.4, -0.2) is 31.3 Å². The van der Waals surface area contributed by atoms with Crippen LogP contribution in [0, 0.1) is 17.0 Å². The molecule has 0 fully saturated rings. The normalized spacial score (nSPS) is 12.3. The van der Waals surface area contributed by atoms with Crippen LogP contribution < -0.4 is 0 Å². The molecule has 0 atom stereocenters. The largest absolute Gasteiger partial charge is 0.507 e. The molecule has 0 amide bonds. The lowest BCUT2D eigenvalue weighted by atomic mass is 10.00. The van der Waals surface area contributed by atoms with Gasteiger partial charge in [0.1, 0.15) is 17.1 Å². The van der Waals surface area contributed by atoms with E-state index in [-0.39, 0.29) is 16.9 Å². The van der Waals surface area contributed by atoms with Crippen molar-refractivity contribution in [3.05, 3.63) is 83.9 Å². The SMILES string of the molecule is N=C/C(=C(\O)c1c[nH]c2ncc(-c3cnc4[nH]ccc4c3)cc12)c1cccc(F)c1F. The number of aliphatic hydroxyl groups is 1. The molecule has 4 N–H and O–H groups in total. The number of hydrogen-bond acceptors (Lipinski definition) is 4. The molecule has 8 heteroatoms. The summed E-state index contributed by atoms with van der Waals surface area (Å²) in [6.07, 6.45) is 7.52. The Hall–Kier alpha value is -4.33. The maximum absolute atomic E-state index is 14.3. The molecular formula is C23H15F2N5O. The molecule has 0 radical (unpaired) electrons. The number of nitrogens with zero attached hydrogens (tertiary/aromatic N) is 2. The molecule has 1 aromatic carbocycles. The van der Waals surface area contributed by atoms with Gasteiger partial charge in [-0.05, 0) is 24.3 Å². The second kappa shape index (κ2) is 7.17. The van der Waals surface area contributed by atoms with Crippen molar-refractivity contribution in [2.75, 3.05) is 0 Å².